The highest BCUT2D eigenvalue weighted by atomic mass is 32.2. The van der Waals surface area contributed by atoms with Gasteiger partial charge in [0, 0.05) is 0 Å². The molecule has 3 nitrogen and oxygen atoms in total. The Kier molecular flexibility index (Phi) is 6.29. The van der Waals surface area contributed by atoms with Crippen LogP contribution in [0.5, 0.6) is 0 Å². The number of benzene rings is 2. The van der Waals surface area contributed by atoms with Crippen molar-refractivity contribution < 1.29 is 12.6 Å². The Bertz CT molecular complexity index is 697. The Labute approximate surface area is 171 Å². The molecule has 2 aliphatic carbocycles. The molecule has 150 valence electrons. The molecule has 2 aliphatic rings. The van der Waals surface area contributed by atoms with Crippen LogP contribution in [0.25, 0.3) is 0 Å². The molecule has 0 bridgehead atoms. The second kappa shape index (κ2) is 8.89. The van der Waals surface area contributed by atoms with Crippen molar-refractivity contribution in [3.63, 3.8) is 0 Å². The first-order chi connectivity index (χ1) is 13.7. The van der Waals surface area contributed by atoms with Gasteiger partial charge in [-0.25, -0.2) is 0 Å². The first kappa shape index (κ1) is 19.8. The largest absolute Gasteiger partial charge is 0.306 e. The highest BCUT2D eigenvalue weighted by molar-refractivity contribution is 7.75. The summed E-state index contributed by atoms with van der Waals surface area (Å²) in [4.78, 5) is 0. The third-order valence-corrected chi connectivity index (χ3v) is 7.29. The molecule has 0 spiro atoms. The maximum Gasteiger partial charge on any atom is 0.306 e. The predicted molar refractivity (Wildman–Crippen MR) is 113 cm³/mol. The van der Waals surface area contributed by atoms with E-state index in [1.807, 2.05) is 36.4 Å². The fourth-order valence-corrected chi connectivity index (χ4v) is 5.93. The van der Waals surface area contributed by atoms with Crippen LogP contribution in [0.3, 0.4) is 0 Å². The number of rotatable bonds is 6. The quantitative estimate of drug-likeness (QED) is 0.571. The van der Waals surface area contributed by atoms with Gasteiger partial charge in [0.2, 0.25) is 0 Å². The van der Waals surface area contributed by atoms with Crippen LogP contribution in [0.2, 0.25) is 0 Å². The summed E-state index contributed by atoms with van der Waals surface area (Å²) in [5, 5.41) is 0. The molecular formula is C24H30O3S. The van der Waals surface area contributed by atoms with Crippen molar-refractivity contribution >= 4 is 11.4 Å². The summed E-state index contributed by atoms with van der Waals surface area (Å²) in [7, 11) is 0. The lowest BCUT2D eigenvalue weighted by Crippen LogP contribution is -2.38. The van der Waals surface area contributed by atoms with Crippen LogP contribution in [-0.2, 0) is 30.9 Å². The van der Waals surface area contributed by atoms with Crippen molar-refractivity contribution in [2.24, 2.45) is 0 Å². The lowest BCUT2D eigenvalue weighted by molar-refractivity contribution is -0.0156. The molecule has 0 radical (unpaired) electrons. The zero-order valence-corrected chi connectivity index (χ0v) is 17.3. The van der Waals surface area contributed by atoms with Crippen LogP contribution in [-0.4, -0.2) is 4.21 Å². The summed E-state index contributed by atoms with van der Waals surface area (Å²) in [5.41, 5.74) is 1.22. The average Bonchev–Trinajstić information content (AvgIpc) is 2.76. The minimum atomic E-state index is -1.79. The Morgan fingerprint density at radius 2 is 0.929 bits per heavy atom. The highest BCUT2D eigenvalue weighted by Gasteiger charge is 2.42. The maximum atomic E-state index is 13.2. The van der Waals surface area contributed by atoms with Gasteiger partial charge in [-0.15, -0.1) is 0 Å². The van der Waals surface area contributed by atoms with Gasteiger partial charge in [0.05, 0.1) is 0 Å². The molecule has 0 aromatic heterocycles. The monoisotopic (exact) mass is 398 g/mol. The van der Waals surface area contributed by atoms with Gasteiger partial charge in [0.25, 0.3) is 0 Å². The first-order valence-corrected chi connectivity index (χ1v) is 11.6. The maximum absolute atomic E-state index is 13.2. The van der Waals surface area contributed by atoms with Gasteiger partial charge in [0.15, 0.2) is 0 Å². The zero-order valence-electron chi connectivity index (χ0n) is 16.5. The van der Waals surface area contributed by atoms with Crippen molar-refractivity contribution in [3.8, 4) is 0 Å². The van der Waals surface area contributed by atoms with Crippen molar-refractivity contribution in [1.29, 1.82) is 0 Å². The van der Waals surface area contributed by atoms with Crippen molar-refractivity contribution in [3.05, 3.63) is 71.8 Å². The summed E-state index contributed by atoms with van der Waals surface area (Å²) in [6.45, 7) is 0. The van der Waals surface area contributed by atoms with E-state index in [9.17, 15) is 4.21 Å². The lowest BCUT2D eigenvalue weighted by Gasteiger charge is -2.39. The van der Waals surface area contributed by atoms with Crippen molar-refractivity contribution in [1.82, 2.24) is 0 Å². The fourth-order valence-electron chi connectivity index (χ4n) is 4.85. The Morgan fingerprint density at radius 3 is 1.29 bits per heavy atom. The summed E-state index contributed by atoms with van der Waals surface area (Å²) in [5.74, 6) is 0. The van der Waals surface area contributed by atoms with E-state index in [1.165, 1.54) is 12.8 Å². The van der Waals surface area contributed by atoms with E-state index in [0.29, 0.717) is 0 Å². The van der Waals surface area contributed by atoms with E-state index in [-0.39, 0.29) is 0 Å². The number of hydrogen-bond acceptors (Lipinski definition) is 3. The first-order valence-electron chi connectivity index (χ1n) is 10.6. The number of hydrogen-bond donors (Lipinski definition) is 0. The topological polar surface area (TPSA) is 35.5 Å². The van der Waals surface area contributed by atoms with Crippen LogP contribution in [0.15, 0.2) is 60.7 Å². The van der Waals surface area contributed by atoms with Crippen LogP contribution in [0.4, 0.5) is 0 Å². The van der Waals surface area contributed by atoms with Gasteiger partial charge in [-0.05, 0) is 36.8 Å². The second-order valence-electron chi connectivity index (χ2n) is 8.21. The minimum absolute atomic E-state index is 0.503. The Morgan fingerprint density at radius 1 is 0.571 bits per heavy atom. The zero-order chi connectivity index (χ0) is 19.3. The van der Waals surface area contributed by atoms with E-state index < -0.39 is 22.6 Å². The molecule has 0 saturated heterocycles. The molecule has 2 fully saturated rings. The fraction of sp³-hybridized carbons (Fsp3) is 0.500. The van der Waals surface area contributed by atoms with Gasteiger partial charge in [-0.1, -0.05) is 99.2 Å². The molecule has 2 aromatic carbocycles. The van der Waals surface area contributed by atoms with E-state index in [1.54, 1.807) is 0 Å². The summed E-state index contributed by atoms with van der Waals surface area (Å²) in [6, 6.07) is 20.5. The molecule has 0 atom stereocenters. The molecular weight excluding hydrogens is 368 g/mol. The molecule has 0 heterocycles. The molecule has 2 saturated carbocycles. The van der Waals surface area contributed by atoms with Gasteiger partial charge in [0.1, 0.15) is 11.2 Å². The van der Waals surface area contributed by atoms with Gasteiger partial charge < -0.3 is 0 Å². The third kappa shape index (κ3) is 4.24. The molecule has 2 aromatic rings. The summed E-state index contributed by atoms with van der Waals surface area (Å²) in [6.07, 6.45) is 10.4. The molecule has 0 N–H and O–H groups in total. The predicted octanol–water partition coefficient (Wildman–Crippen LogP) is 6.32. The lowest BCUT2D eigenvalue weighted by atomic mass is 9.80. The van der Waals surface area contributed by atoms with Crippen LogP contribution < -0.4 is 0 Å². The van der Waals surface area contributed by atoms with E-state index in [4.69, 9.17) is 8.37 Å². The van der Waals surface area contributed by atoms with Gasteiger partial charge in [-0.2, -0.15) is 4.21 Å². The van der Waals surface area contributed by atoms with Crippen molar-refractivity contribution in [2.45, 2.75) is 75.4 Å². The Hall–Kier alpha value is -1.49. The second-order valence-corrected chi connectivity index (χ2v) is 8.95. The minimum Gasteiger partial charge on any atom is -0.257 e. The molecule has 4 heteroatoms. The van der Waals surface area contributed by atoms with E-state index in [2.05, 4.69) is 24.3 Å². The normalized spacial score (nSPS) is 21.5. The van der Waals surface area contributed by atoms with Crippen LogP contribution in [0.1, 0.15) is 75.3 Å². The van der Waals surface area contributed by atoms with Crippen molar-refractivity contribution in [2.75, 3.05) is 0 Å². The average molecular weight is 399 g/mol. The smallest absolute Gasteiger partial charge is 0.257 e. The Balaban J connectivity index is 1.57. The molecule has 0 aliphatic heterocycles. The van der Waals surface area contributed by atoms with E-state index >= 15 is 0 Å². The third-order valence-electron chi connectivity index (χ3n) is 6.38. The van der Waals surface area contributed by atoms with E-state index in [0.717, 1.165) is 62.5 Å². The molecule has 0 unspecified atom stereocenters. The molecule has 4 rings (SSSR count). The SMILES string of the molecule is O=S(OC1(c2ccccc2)CCCCC1)OC1(c2ccccc2)CCCCC1. The van der Waals surface area contributed by atoms with Gasteiger partial charge >= 0.3 is 11.4 Å². The van der Waals surface area contributed by atoms with Gasteiger partial charge in [-0.3, -0.25) is 8.37 Å². The van der Waals surface area contributed by atoms with Crippen LogP contribution >= 0.6 is 0 Å². The molecule has 28 heavy (non-hydrogen) atoms. The van der Waals surface area contributed by atoms with Crippen LogP contribution in [0, 0.1) is 0 Å². The molecule has 0 amide bonds. The summed E-state index contributed by atoms with van der Waals surface area (Å²) < 4.78 is 25.7. The highest BCUT2D eigenvalue weighted by Crippen LogP contribution is 2.45. The standard InChI is InChI=1S/C24H30O3S/c25-28(26-23(17-9-3-10-18-23)21-13-5-1-6-14-21)27-24(19-11-4-12-20-24)22-15-7-2-8-16-22/h1-2,5-8,13-16H,3-4,9-12,17-20H2. The summed E-state index contributed by atoms with van der Waals surface area (Å²) >= 11 is -1.79.